The van der Waals surface area contributed by atoms with Crippen molar-refractivity contribution in [1.82, 2.24) is 19.7 Å². The van der Waals surface area contributed by atoms with Gasteiger partial charge in [0.1, 0.15) is 0 Å². The molecule has 0 saturated heterocycles. The molecule has 0 radical (unpaired) electrons. The van der Waals surface area contributed by atoms with E-state index in [1.165, 1.54) is 0 Å². The summed E-state index contributed by atoms with van der Waals surface area (Å²) in [6, 6.07) is 10.6. The summed E-state index contributed by atoms with van der Waals surface area (Å²) in [5.74, 6) is 0.543. The summed E-state index contributed by atoms with van der Waals surface area (Å²) in [5.41, 5.74) is 1.15. The van der Waals surface area contributed by atoms with E-state index < -0.39 is 0 Å². The van der Waals surface area contributed by atoms with Gasteiger partial charge in [-0.1, -0.05) is 35.4 Å². The Morgan fingerprint density at radius 3 is 2.75 bits per heavy atom. The van der Waals surface area contributed by atoms with Gasteiger partial charge in [-0.15, -0.1) is 5.10 Å². The second-order valence-corrected chi connectivity index (χ2v) is 4.49. The Kier molecular flexibility index (Phi) is 3.45. The fourth-order valence-electron chi connectivity index (χ4n) is 2.03. The van der Waals surface area contributed by atoms with Gasteiger partial charge in [0.2, 0.25) is 5.89 Å². The third-order valence-corrected chi connectivity index (χ3v) is 2.98. The van der Waals surface area contributed by atoms with Gasteiger partial charge in [0.05, 0.1) is 12.4 Å². The maximum Gasteiger partial charge on any atom is 0.316 e. The van der Waals surface area contributed by atoms with Crippen LogP contribution in [0.3, 0.4) is 0 Å². The Morgan fingerprint density at radius 2 is 2.10 bits per heavy atom. The zero-order chi connectivity index (χ0) is 13.8. The minimum Gasteiger partial charge on any atom is -0.408 e. The van der Waals surface area contributed by atoms with Crippen LogP contribution in [0.2, 0.25) is 0 Å². The molecule has 1 N–H and O–H groups in total. The predicted octanol–water partition coefficient (Wildman–Crippen LogP) is 2.43. The quantitative estimate of drug-likeness (QED) is 0.770. The summed E-state index contributed by atoms with van der Waals surface area (Å²) in [7, 11) is 0. The van der Waals surface area contributed by atoms with Crippen LogP contribution < -0.4 is 5.32 Å². The van der Waals surface area contributed by atoms with Gasteiger partial charge in [0, 0.05) is 25.9 Å². The van der Waals surface area contributed by atoms with Crippen LogP contribution in [0.1, 0.15) is 17.5 Å². The number of imidazole rings is 1. The third kappa shape index (κ3) is 2.85. The van der Waals surface area contributed by atoms with Crippen molar-refractivity contribution in [1.29, 1.82) is 0 Å². The van der Waals surface area contributed by atoms with Crippen molar-refractivity contribution in [2.45, 2.75) is 19.5 Å². The zero-order valence-corrected chi connectivity index (χ0v) is 11.1. The van der Waals surface area contributed by atoms with E-state index in [1.54, 1.807) is 19.4 Å². The average molecular weight is 269 g/mol. The molecule has 102 valence electrons. The summed E-state index contributed by atoms with van der Waals surface area (Å²) in [6.45, 7) is 2.50. The van der Waals surface area contributed by atoms with E-state index in [0.29, 0.717) is 11.9 Å². The topological polar surface area (TPSA) is 68.8 Å². The maximum atomic E-state index is 5.40. The highest BCUT2D eigenvalue weighted by Crippen LogP contribution is 2.20. The smallest absolute Gasteiger partial charge is 0.316 e. The van der Waals surface area contributed by atoms with Gasteiger partial charge in [-0.3, -0.25) is 0 Å². The fraction of sp³-hybridized carbons (Fsp3) is 0.214. The minimum atomic E-state index is 0.0326. The molecule has 0 unspecified atom stereocenters. The van der Waals surface area contributed by atoms with Gasteiger partial charge in [-0.2, -0.15) is 0 Å². The lowest BCUT2D eigenvalue weighted by Crippen LogP contribution is -2.17. The molecule has 6 heteroatoms. The number of nitrogens with zero attached hydrogens (tertiary/aromatic N) is 4. The van der Waals surface area contributed by atoms with E-state index in [-0.39, 0.29) is 6.04 Å². The molecule has 6 nitrogen and oxygen atoms in total. The lowest BCUT2D eigenvalue weighted by Gasteiger charge is -2.18. The van der Waals surface area contributed by atoms with E-state index in [0.717, 1.165) is 12.1 Å². The molecule has 0 aliphatic rings. The second kappa shape index (κ2) is 5.56. The predicted molar refractivity (Wildman–Crippen MR) is 74.1 cm³/mol. The average Bonchev–Trinajstić information content (AvgIpc) is 3.11. The number of benzene rings is 1. The van der Waals surface area contributed by atoms with Gasteiger partial charge in [-0.25, -0.2) is 4.98 Å². The highest BCUT2D eigenvalue weighted by atomic mass is 16.4. The molecule has 3 rings (SSSR count). The molecule has 0 aliphatic carbocycles. The molecule has 20 heavy (non-hydrogen) atoms. The van der Waals surface area contributed by atoms with Crippen LogP contribution in [-0.2, 0) is 6.54 Å². The van der Waals surface area contributed by atoms with Crippen LogP contribution >= 0.6 is 0 Å². The van der Waals surface area contributed by atoms with Gasteiger partial charge in [-0.05, 0) is 5.56 Å². The normalized spacial score (nSPS) is 12.2. The Morgan fingerprint density at radius 1 is 1.25 bits per heavy atom. The first-order valence-corrected chi connectivity index (χ1v) is 6.38. The molecule has 3 aromatic rings. The van der Waals surface area contributed by atoms with Crippen LogP contribution in [-0.4, -0.2) is 19.7 Å². The molecule has 1 aromatic carbocycles. The summed E-state index contributed by atoms with van der Waals surface area (Å²) in [5, 5.41) is 11.1. The molecule has 2 aromatic heterocycles. The summed E-state index contributed by atoms with van der Waals surface area (Å²) in [4.78, 5) is 4.06. The first kappa shape index (κ1) is 12.4. The number of nitrogens with one attached hydrogen (secondary N) is 1. The molecule has 2 heterocycles. The van der Waals surface area contributed by atoms with Crippen molar-refractivity contribution >= 4 is 6.01 Å². The fourth-order valence-corrected chi connectivity index (χ4v) is 2.03. The number of hydrogen-bond acceptors (Lipinski definition) is 5. The molecular formula is C14H15N5O. The maximum absolute atomic E-state index is 5.40. The van der Waals surface area contributed by atoms with E-state index >= 15 is 0 Å². The van der Waals surface area contributed by atoms with Crippen molar-refractivity contribution in [2.75, 3.05) is 5.32 Å². The Bertz CT molecular complexity index is 647. The van der Waals surface area contributed by atoms with Crippen LogP contribution in [0.5, 0.6) is 0 Å². The van der Waals surface area contributed by atoms with Gasteiger partial charge in [0.25, 0.3) is 0 Å². The SMILES string of the molecule is Cc1nnc(N[C@@H](Cn2ccnc2)c2ccccc2)o1. The molecule has 0 fully saturated rings. The second-order valence-electron chi connectivity index (χ2n) is 4.49. The molecule has 0 amide bonds. The number of anilines is 1. The van der Waals surface area contributed by atoms with Crippen molar-refractivity contribution in [3.8, 4) is 0 Å². The number of aryl methyl sites for hydroxylation is 1. The Labute approximate surface area is 116 Å². The van der Waals surface area contributed by atoms with Gasteiger partial charge >= 0.3 is 6.01 Å². The van der Waals surface area contributed by atoms with Crippen molar-refractivity contribution < 1.29 is 4.42 Å². The van der Waals surface area contributed by atoms with E-state index in [4.69, 9.17) is 4.42 Å². The van der Waals surface area contributed by atoms with E-state index in [1.807, 2.05) is 29.0 Å². The van der Waals surface area contributed by atoms with Crippen LogP contribution in [0.15, 0.2) is 53.5 Å². The molecule has 0 bridgehead atoms. The molecular weight excluding hydrogens is 254 g/mol. The first-order valence-electron chi connectivity index (χ1n) is 6.38. The summed E-state index contributed by atoms with van der Waals surface area (Å²) < 4.78 is 7.40. The zero-order valence-electron chi connectivity index (χ0n) is 11.1. The molecule has 0 aliphatic heterocycles. The van der Waals surface area contributed by atoms with Crippen molar-refractivity contribution in [3.63, 3.8) is 0 Å². The van der Waals surface area contributed by atoms with E-state index in [2.05, 4.69) is 32.6 Å². The Balaban J connectivity index is 1.83. The summed E-state index contributed by atoms with van der Waals surface area (Å²) >= 11 is 0. The van der Waals surface area contributed by atoms with Crippen LogP contribution in [0.25, 0.3) is 0 Å². The number of rotatable bonds is 5. The molecule has 0 saturated carbocycles. The van der Waals surface area contributed by atoms with Gasteiger partial charge in [0.15, 0.2) is 0 Å². The number of aromatic nitrogens is 4. The minimum absolute atomic E-state index is 0.0326. The first-order chi connectivity index (χ1) is 9.81. The van der Waals surface area contributed by atoms with Crippen molar-refractivity contribution in [3.05, 3.63) is 60.5 Å². The lowest BCUT2D eigenvalue weighted by atomic mass is 10.1. The lowest BCUT2D eigenvalue weighted by molar-refractivity contribution is 0.511. The summed E-state index contributed by atoms with van der Waals surface area (Å²) in [6.07, 6.45) is 5.48. The highest BCUT2D eigenvalue weighted by molar-refractivity contribution is 5.29. The Hall–Kier alpha value is -2.63. The van der Waals surface area contributed by atoms with E-state index in [9.17, 15) is 0 Å². The molecule has 0 spiro atoms. The monoisotopic (exact) mass is 269 g/mol. The highest BCUT2D eigenvalue weighted by Gasteiger charge is 2.14. The van der Waals surface area contributed by atoms with Crippen LogP contribution in [0.4, 0.5) is 6.01 Å². The largest absolute Gasteiger partial charge is 0.408 e. The standard InChI is InChI=1S/C14H15N5O/c1-11-17-18-14(20-11)16-13(9-19-8-7-15-10-19)12-5-3-2-4-6-12/h2-8,10,13H,9H2,1H3,(H,16,18)/t13-/m0/s1. The third-order valence-electron chi connectivity index (χ3n) is 2.98. The van der Waals surface area contributed by atoms with Crippen molar-refractivity contribution in [2.24, 2.45) is 0 Å². The molecule has 1 atom stereocenters. The van der Waals surface area contributed by atoms with Crippen LogP contribution in [0, 0.1) is 6.92 Å². The van der Waals surface area contributed by atoms with Gasteiger partial charge < -0.3 is 14.3 Å². The number of hydrogen-bond donors (Lipinski definition) is 1.